The van der Waals surface area contributed by atoms with Gasteiger partial charge in [0.2, 0.25) is 5.91 Å². The summed E-state index contributed by atoms with van der Waals surface area (Å²) in [6.45, 7) is 2.98. The van der Waals surface area contributed by atoms with E-state index in [2.05, 4.69) is 0 Å². The van der Waals surface area contributed by atoms with Crippen LogP contribution in [0.3, 0.4) is 0 Å². The van der Waals surface area contributed by atoms with Crippen LogP contribution in [0.4, 0.5) is 4.39 Å². The lowest BCUT2D eigenvalue weighted by Crippen LogP contribution is -2.37. The predicted molar refractivity (Wildman–Crippen MR) is 88.2 cm³/mol. The molecule has 1 aromatic carbocycles. The van der Waals surface area contributed by atoms with E-state index < -0.39 is 0 Å². The Morgan fingerprint density at radius 2 is 1.91 bits per heavy atom. The van der Waals surface area contributed by atoms with Gasteiger partial charge in [0.15, 0.2) is 0 Å². The summed E-state index contributed by atoms with van der Waals surface area (Å²) in [5, 5.41) is 2.01. The highest BCUT2D eigenvalue weighted by Crippen LogP contribution is 2.19. The molecule has 0 aliphatic carbocycles. The van der Waals surface area contributed by atoms with Crippen LogP contribution in [0, 0.1) is 5.82 Å². The van der Waals surface area contributed by atoms with Crippen molar-refractivity contribution in [1.29, 1.82) is 0 Å². The summed E-state index contributed by atoms with van der Waals surface area (Å²) in [5.74, 6) is -0.171. The van der Waals surface area contributed by atoms with Gasteiger partial charge in [-0.3, -0.25) is 9.69 Å². The Bertz CT molecular complexity index is 598. The Kier molecular flexibility index (Phi) is 5.69. The normalized spacial score (nSPS) is 12.4. The van der Waals surface area contributed by atoms with Crippen molar-refractivity contribution in [3.8, 4) is 0 Å². The fourth-order valence-electron chi connectivity index (χ4n) is 2.19. The molecule has 1 atom stereocenters. The largest absolute Gasteiger partial charge is 0.340 e. The zero-order valence-electron chi connectivity index (χ0n) is 13.1. The fraction of sp³-hybridized carbons (Fsp3) is 0.353. The van der Waals surface area contributed by atoms with E-state index in [9.17, 15) is 9.18 Å². The van der Waals surface area contributed by atoms with Crippen molar-refractivity contribution in [3.05, 3.63) is 58.0 Å². The number of thiophene rings is 1. The predicted octanol–water partition coefficient (Wildman–Crippen LogP) is 3.54. The van der Waals surface area contributed by atoms with Crippen LogP contribution in [-0.4, -0.2) is 36.3 Å². The van der Waals surface area contributed by atoms with Crippen LogP contribution >= 0.6 is 11.3 Å². The zero-order valence-corrected chi connectivity index (χ0v) is 13.9. The molecule has 2 rings (SSSR count). The van der Waals surface area contributed by atoms with E-state index in [4.69, 9.17) is 0 Å². The molecule has 0 fully saturated rings. The summed E-state index contributed by atoms with van der Waals surface area (Å²) < 4.78 is 13.0. The quantitative estimate of drug-likeness (QED) is 0.813. The number of hydrogen-bond acceptors (Lipinski definition) is 3. The van der Waals surface area contributed by atoms with Gasteiger partial charge in [-0.2, -0.15) is 0 Å². The van der Waals surface area contributed by atoms with Crippen molar-refractivity contribution in [1.82, 2.24) is 9.80 Å². The van der Waals surface area contributed by atoms with E-state index in [1.54, 1.807) is 28.4 Å². The average molecular weight is 320 g/mol. The van der Waals surface area contributed by atoms with Crippen LogP contribution in [0.15, 0.2) is 41.8 Å². The van der Waals surface area contributed by atoms with Gasteiger partial charge in [0.05, 0.1) is 13.1 Å². The highest BCUT2D eigenvalue weighted by molar-refractivity contribution is 7.09. The topological polar surface area (TPSA) is 23.6 Å². The molecule has 0 spiro atoms. The van der Waals surface area contributed by atoms with Gasteiger partial charge in [-0.05, 0) is 43.1 Å². The van der Waals surface area contributed by atoms with Gasteiger partial charge < -0.3 is 4.90 Å². The van der Waals surface area contributed by atoms with E-state index in [1.807, 2.05) is 43.4 Å². The Morgan fingerprint density at radius 3 is 2.50 bits per heavy atom. The molecule has 0 aliphatic rings. The van der Waals surface area contributed by atoms with Crippen molar-refractivity contribution in [2.45, 2.75) is 19.5 Å². The first kappa shape index (κ1) is 16.6. The molecule has 5 heteroatoms. The third kappa shape index (κ3) is 4.39. The van der Waals surface area contributed by atoms with Crippen molar-refractivity contribution < 1.29 is 9.18 Å². The van der Waals surface area contributed by atoms with E-state index in [0.717, 1.165) is 5.56 Å². The maximum absolute atomic E-state index is 13.0. The first-order valence-corrected chi connectivity index (χ1v) is 8.07. The minimum atomic E-state index is -0.245. The van der Waals surface area contributed by atoms with Gasteiger partial charge in [-0.1, -0.05) is 18.2 Å². The highest BCUT2D eigenvalue weighted by atomic mass is 32.1. The first-order valence-electron chi connectivity index (χ1n) is 7.19. The molecule has 22 heavy (non-hydrogen) atoms. The molecule has 0 saturated heterocycles. The maximum atomic E-state index is 13.0. The molecule has 1 heterocycles. The standard InChI is InChI=1S/C17H21FN2OS/c1-13(14-6-8-15(18)9-7-14)19(2)12-17(21)20(3)11-16-5-4-10-22-16/h4-10,13H,11-12H2,1-3H3. The van der Waals surface area contributed by atoms with Gasteiger partial charge in [0.25, 0.3) is 0 Å². The highest BCUT2D eigenvalue weighted by Gasteiger charge is 2.17. The summed E-state index contributed by atoms with van der Waals surface area (Å²) in [4.78, 5) is 17.2. The molecule has 0 N–H and O–H groups in total. The Labute approximate surface area is 135 Å². The van der Waals surface area contributed by atoms with Crippen LogP contribution in [-0.2, 0) is 11.3 Å². The van der Waals surface area contributed by atoms with Gasteiger partial charge in [0, 0.05) is 18.0 Å². The number of likely N-dealkylation sites (N-methyl/N-ethyl adjacent to an activating group) is 2. The number of carbonyl (C=O) groups excluding carboxylic acids is 1. The van der Waals surface area contributed by atoms with Crippen molar-refractivity contribution in [2.75, 3.05) is 20.6 Å². The van der Waals surface area contributed by atoms with Crippen molar-refractivity contribution >= 4 is 17.2 Å². The Morgan fingerprint density at radius 1 is 1.23 bits per heavy atom. The van der Waals surface area contributed by atoms with Crippen molar-refractivity contribution in [2.24, 2.45) is 0 Å². The number of carbonyl (C=O) groups is 1. The van der Waals surface area contributed by atoms with E-state index in [-0.39, 0.29) is 17.8 Å². The third-order valence-corrected chi connectivity index (χ3v) is 4.66. The average Bonchev–Trinajstić information content (AvgIpc) is 3.00. The van der Waals surface area contributed by atoms with Crippen LogP contribution in [0.1, 0.15) is 23.4 Å². The van der Waals surface area contributed by atoms with Crippen molar-refractivity contribution in [3.63, 3.8) is 0 Å². The Hall–Kier alpha value is -1.72. The third-order valence-electron chi connectivity index (χ3n) is 3.80. The first-order chi connectivity index (χ1) is 10.5. The molecule has 0 saturated carbocycles. The second-order valence-corrected chi connectivity index (χ2v) is 6.50. The molecular formula is C17H21FN2OS. The number of nitrogens with zero attached hydrogens (tertiary/aromatic N) is 2. The molecule has 2 aromatic rings. The minimum Gasteiger partial charge on any atom is -0.340 e. The molecule has 118 valence electrons. The molecule has 1 unspecified atom stereocenters. The SMILES string of the molecule is CC(c1ccc(F)cc1)N(C)CC(=O)N(C)Cc1cccs1. The lowest BCUT2D eigenvalue weighted by Gasteiger charge is -2.27. The summed E-state index contributed by atoms with van der Waals surface area (Å²) in [7, 11) is 3.73. The molecule has 1 aromatic heterocycles. The molecule has 0 aliphatic heterocycles. The maximum Gasteiger partial charge on any atom is 0.236 e. The Balaban J connectivity index is 1.91. The number of rotatable bonds is 6. The van der Waals surface area contributed by atoms with Crippen LogP contribution in [0.25, 0.3) is 0 Å². The number of amides is 1. The second-order valence-electron chi connectivity index (χ2n) is 5.47. The second kappa shape index (κ2) is 7.51. The molecule has 3 nitrogen and oxygen atoms in total. The molecule has 0 radical (unpaired) electrons. The molecule has 0 bridgehead atoms. The monoisotopic (exact) mass is 320 g/mol. The summed E-state index contributed by atoms with van der Waals surface area (Å²) >= 11 is 1.65. The number of hydrogen-bond donors (Lipinski definition) is 0. The van der Waals surface area contributed by atoms with E-state index >= 15 is 0 Å². The minimum absolute atomic E-state index is 0.0553. The fourth-order valence-corrected chi connectivity index (χ4v) is 2.95. The molecular weight excluding hydrogens is 299 g/mol. The summed E-state index contributed by atoms with van der Waals surface area (Å²) in [6, 6.07) is 10.5. The van der Waals surface area contributed by atoms with Gasteiger partial charge in [0.1, 0.15) is 5.82 Å². The van der Waals surface area contributed by atoms with Gasteiger partial charge in [-0.25, -0.2) is 4.39 Å². The zero-order chi connectivity index (χ0) is 16.1. The van der Waals surface area contributed by atoms with Crippen LogP contribution in [0.2, 0.25) is 0 Å². The smallest absolute Gasteiger partial charge is 0.236 e. The summed E-state index contributed by atoms with van der Waals surface area (Å²) in [5.41, 5.74) is 0.998. The van der Waals surface area contributed by atoms with E-state index in [0.29, 0.717) is 13.1 Å². The van der Waals surface area contributed by atoms with Crippen LogP contribution < -0.4 is 0 Å². The lowest BCUT2D eigenvalue weighted by molar-refractivity contribution is -0.131. The molecule has 1 amide bonds. The van der Waals surface area contributed by atoms with Crippen LogP contribution in [0.5, 0.6) is 0 Å². The van der Waals surface area contributed by atoms with Gasteiger partial charge in [-0.15, -0.1) is 11.3 Å². The number of benzene rings is 1. The lowest BCUT2D eigenvalue weighted by atomic mass is 10.1. The van der Waals surface area contributed by atoms with Gasteiger partial charge >= 0.3 is 0 Å². The number of halogens is 1. The summed E-state index contributed by atoms with van der Waals surface area (Å²) in [6.07, 6.45) is 0. The van der Waals surface area contributed by atoms with E-state index in [1.165, 1.54) is 17.0 Å².